The number of hydrogen-bond acceptors (Lipinski definition) is 5. The Bertz CT molecular complexity index is 585. The Labute approximate surface area is 115 Å². The van der Waals surface area contributed by atoms with Crippen molar-refractivity contribution in [3.8, 4) is 5.69 Å². The smallest absolute Gasteiger partial charge is 0.319 e. The van der Waals surface area contributed by atoms with Crippen molar-refractivity contribution in [1.29, 1.82) is 0 Å². The number of carbonyl (C=O) groups excluding carboxylic acids is 1. The summed E-state index contributed by atoms with van der Waals surface area (Å²) in [4.78, 5) is 11.7. The number of benzene rings is 1. The number of nitrogens with zero attached hydrogens (tertiary/aromatic N) is 3. The van der Waals surface area contributed by atoms with Crippen molar-refractivity contribution in [2.24, 2.45) is 0 Å². The molecule has 0 N–H and O–H groups in total. The molecule has 19 heavy (non-hydrogen) atoms. The number of aromatic nitrogens is 3. The number of para-hydroxylation sites is 1. The SMILES string of the molecule is C[C@H]1C[C@H](Sc2nncn2-c2ccccc2)C(=O)O1. The fraction of sp³-hybridized carbons (Fsp3) is 0.308. The summed E-state index contributed by atoms with van der Waals surface area (Å²) in [5.41, 5.74) is 0.981. The van der Waals surface area contributed by atoms with Gasteiger partial charge in [-0.15, -0.1) is 10.2 Å². The van der Waals surface area contributed by atoms with Gasteiger partial charge in [0.05, 0.1) is 0 Å². The van der Waals surface area contributed by atoms with Crippen LogP contribution in [0.2, 0.25) is 0 Å². The van der Waals surface area contributed by atoms with E-state index in [9.17, 15) is 4.79 Å². The van der Waals surface area contributed by atoms with Gasteiger partial charge in [-0.3, -0.25) is 9.36 Å². The lowest BCUT2D eigenvalue weighted by molar-refractivity contribution is -0.140. The monoisotopic (exact) mass is 275 g/mol. The number of thioether (sulfide) groups is 1. The second-order valence-corrected chi connectivity index (χ2v) is 5.58. The molecule has 3 rings (SSSR count). The highest BCUT2D eigenvalue weighted by molar-refractivity contribution is 8.00. The lowest BCUT2D eigenvalue weighted by Gasteiger charge is -2.07. The van der Waals surface area contributed by atoms with Gasteiger partial charge in [0.15, 0.2) is 5.16 Å². The second kappa shape index (κ2) is 5.05. The zero-order valence-electron chi connectivity index (χ0n) is 10.4. The Morgan fingerprint density at radius 1 is 1.37 bits per heavy atom. The molecule has 2 heterocycles. The third-order valence-corrected chi connectivity index (χ3v) is 4.08. The molecular weight excluding hydrogens is 262 g/mol. The van der Waals surface area contributed by atoms with Gasteiger partial charge in [-0.1, -0.05) is 30.0 Å². The molecule has 1 fully saturated rings. The zero-order valence-corrected chi connectivity index (χ0v) is 11.2. The largest absolute Gasteiger partial charge is 0.462 e. The van der Waals surface area contributed by atoms with Gasteiger partial charge in [-0.2, -0.15) is 0 Å². The molecule has 0 bridgehead atoms. The molecule has 0 radical (unpaired) electrons. The predicted molar refractivity (Wildman–Crippen MR) is 71.2 cm³/mol. The summed E-state index contributed by atoms with van der Waals surface area (Å²) in [6, 6.07) is 9.81. The lowest BCUT2D eigenvalue weighted by Crippen LogP contribution is -2.10. The maximum atomic E-state index is 11.7. The molecule has 1 saturated heterocycles. The van der Waals surface area contributed by atoms with Crippen molar-refractivity contribution < 1.29 is 9.53 Å². The summed E-state index contributed by atoms with van der Waals surface area (Å²) in [5.74, 6) is -0.167. The summed E-state index contributed by atoms with van der Waals surface area (Å²) in [6.07, 6.45) is 2.35. The Morgan fingerprint density at radius 3 is 2.84 bits per heavy atom. The first kappa shape index (κ1) is 12.2. The van der Waals surface area contributed by atoms with Gasteiger partial charge in [-0.25, -0.2) is 0 Å². The number of esters is 1. The molecule has 1 aliphatic rings. The normalized spacial score (nSPS) is 22.5. The van der Waals surface area contributed by atoms with Gasteiger partial charge in [0.2, 0.25) is 0 Å². The average molecular weight is 275 g/mol. The number of ether oxygens (including phenoxy) is 1. The molecule has 1 aliphatic heterocycles. The van der Waals surface area contributed by atoms with Crippen LogP contribution in [0.25, 0.3) is 5.69 Å². The third-order valence-electron chi connectivity index (χ3n) is 2.92. The molecule has 0 aliphatic carbocycles. The zero-order chi connectivity index (χ0) is 13.2. The van der Waals surface area contributed by atoms with Gasteiger partial charge >= 0.3 is 5.97 Å². The Kier molecular flexibility index (Phi) is 3.25. The van der Waals surface area contributed by atoms with Crippen LogP contribution in [0.5, 0.6) is 0 Å². The standard InChI is InChI=1S/C13H13N3O2S/c1-9-7-11(12(17)18-9)19-13-15-14-8-16(13)10-5-3-2-4-6-10/h2-6,8-9,11H,7H2,1H3/t9-,11-/m0/s1. The molecule has 0 unspecified atom stereocenters. The summed E-state index contributed by atoms with van der Waals surface area (Å²) in [5, 5.41) is 8.53. The van der Waals surface area contributed by atoms with Crippen molar-refractivity contribution in [2.75, 3.05) is 0 Å². The summed E-state index contributed by atoms with van der Waals surface area (Å²) in [7, 11) is 0. The fourth-order valence-corrected chi connectivity index (χ4v) is 3.15. The molecule has 1 aromatic carbocycles. The van der Waals surface area contributed by atoms with Crippen LogP contribution in [0.1, 0.15) is 13.3 Å². The molecule has 1 aromatic heterocycles. The minimum atomic E-state index is -0.193. The van der Waals surface area contributed by atoms with Crippen molar-refractivity contribution in [1.82, 2.24) is 14.8 Å². The minimum Gasteiger partial charge on any atom is -0.462 e. The van der Waals surface area contributed by atoms with Crippen LogP contribution in [-0.2, 0) is 9.53 Å². The topological polar surface area (TPSA) is 57.0 Å². The molecule has 98 valence electrons. The fourth-order valence-electron chi connectivity index (χ4n) is 2.01. The molecule has 0 spiro atoms. The molecule has 5 nitrogen and oxygen atoms in total. The second-order valence-electron chi connectivity index (χ2n) is 4.41. The molecule has 2 aromatic rings. The van der Waals surface area contributed by atoms with E-state index >= 15 is 0 Å². The average Bonchev–Trinajstić information content (AvgIpc) is 2.98. The molecule has 0 amide bonds. The summed E-state index contributed by atoms with van der Waals surface area (Å²) in [6.45, 7) is 1.90. The van der Waals surface area contributed by atoms with Crippen LogP contribution >= 0.6 is 11.8 Å². The lowest BCUT2D eigenvalue weighted by atomic mass is 10.3. The first-order chi connectivity index (χ1) is 9.24. The van der Waals surface area contributed by atoms with Crippen molar-refractivity contribution in [3.05, 3.63) is 36.7 Å². The number of cyclic esters (lactones) is 1. The molecular formula is C13H13N3O2S. The van der Waals surface area contributed by atoms with Crippen LogP contribution in [0.3, 0.4) is 0 Å². The third kappa shape index (κ3) is 2.49. The van der Waals surface area contributed by atoms with E-state index in [0.717, 1.165) is 5.69 Å². The predicted octanol–water partition coefficient (Wildman–Crippen LogP) is 2.06. The number of rotatable bonds is 3. The van der Waals surface area contributed by atoms with Gasteiger partial charge in [0.25, 0.3) is 0 Å². The first-order valence-corrected chi connectivity index (χ1v) is 6.94. The van der Waals surface area contributed by atoms with Crippen LogP contribution < -0.4 is 0 Å². The van der Waals surface area contributed by atoms with Crippen molar-refractivity contribution in [2.45, 2.75) is 29.9 Å². The van der Waals surface area contributed by atoms with E-state index in [2.05, 4.69) is 10.2 Å². The summed E-state index contributed by atoms with van der Waals surface area (Å²) >= 11 is 1.41. The van der Waals surface area contributed by atoms with Crippen LogP contribution in [0, 0.1) is 0 Å². The van der Waals surface area contributed by atoms with Gasteiger partial charge < -0.3 is 4.74 Å². The van der Waals surface area contributed by atoms with Crippen LogP contribution in [0.4, 0.5) is 0 Å². The molecule has 2 atom stereocenters. The maximum absolute atomic E-state index is 11.7. The van der Waals surface area contributed by atoms with Crippen molar-refractivity contribution >= 4 is 17.7 Å². The van der Waals surface area contributed by atoms with E-state index in [1.165, 1.54) is 11.8 Å². The molecule has 6 heteroatoms. The van der Waals surface area contributed by atoms with Gasteiger partial charge in [-0.05, 0) is 19.1 Å². The first-order valence-electron chi connectivity index (χ1n) is 6.06. The van der Waals surface area contributed by atoms with E-state index in [1.807, 2.05) is 41.8 Å². The summed E-state index contributed by atoms with van der Waals surface area (Å²) < 4.78 is 7.03. The van der Waals surface area contributed by atoms with Crippen molar-refractivity contribution in [3.63, 3.8) is 0 Å². The van der Waals surface area contributed by atoms with Crippen LogP contribution in [0.15, 0.2) is 41.8 Å². The highest BCUT2D eigenvalue weighted by atomic mass is 32.2. The van der Waals surface area contributed by atoms with Crippen LogP contribution in [-0.4, -0.2) is 32.1 Å². The van der Waals surface area contributed by atoms with Gasteiger partial charge in [0.1, 0.15) is 17.7 Å². The van der Waals surface area contributed by atoms with E-state index < -0.39 is 0 Å². The Morgan fingerprint density at radius 2 is 2.16 bits per heavy atom. The van der Waals surface area contributed by atoms with E-state index in [1.54, 1.807) is 6.33 Å². The highest BCUT2D eigenvalue weighted by Crippen LogP contribution is 2.31. The number of carbonyl (C=O) groups is 1. The quantitative estimate of drug-likeness (QED) is 0.803. The van der Waals surface area contributed by atoms with E-state index in [-0.39, 0.29) is 17.3 Å². The van der Waals surface area contributed by atoms with E-state index in [0.29, 0.717) is 11.6 Å². The molecule has 0 saturated carbocycles. The highest BCUT2D eigenvalue weighted by Gasteiger charge is 2.33. The Hall–Kier alpha value is -1.82. The Balaban J connectivity index is 1.83. The minimum absolute atomic E-state index is 0.0157. The number of hydrogen-bond donors (Lipinski definition) is 0. The van der Waals surface area contributed by atoms with E-state index in [4.69, 9.17) is 4.74 Å². The van der Waals surface area contributed by atoms with Gasteiger partial charge in [0, 0.05) is 12.1 Å². The maximum Gasteiger partial charge on any atom is 0.319 e.